The Hall–Kier alpha value is -3.71. The van der Waals surface area contributed by atoms with Gasteiger partial charge in [0.05, 0.1) is 23.4 Å². The van der Waals surface area contributed by atoms with Gasteiger partial charge in [0.1, 0.15) is 5.75 Å². The number of rotatable bonds is 10. The van der Waals surface area contributed by atoms with E-state index in [0.29, 0.717) is 35.7 Å². The van der Waals surface area contributed by atoms with Crippen LogP contribution in [0.4, 0.5) is 5.69 Å². The number of carbonyl (C=O) groups is 2. The predicted octanol–water partition coefficient (Wildman–Crippen LogP) is 5.65. The maximum absolute atomic E-state index is 13.1. The number of ether oxygens (including phenoxy) is 1. The fourth-order valence-corrected chi connectivity index (χ4v) is 3.75. The number of hydrogen-bond acceptors (Lipinski definition) is 4. The third-order valence-corrected chi connectivity index (χ3v) is 5.58. The molecule has 0 aliphatic heterocycles. The Bertz CT molecular complexity index is 1150. The summed E-state index contributed by atoms with van der Waals surface area (Å²) in [4.78, 5) is 27.7. The molecule has 3 aromatic rings. The number of anilines is 1. The van der Waals surface area contributed by atoms with Gasteiger partial charge in [-0.25, -0.2) is 0 Å². The lowest BCUT2D eigenvalue weighted by molar-refractivity contribution is 0.0786. The van der Waals surface area contributed by atoms with Crippen molar-refractivity contribution < 1.29 is 14.3 Å². The number of benzene rings is 3. The van der Waals surface area contributed by atoms with E-state index in [0.717, 1.165) is 24.8 Å². The number of thiocarbonyl (C=S) groups is 1. The zero-order chi connectivity index (χ0) is 25.0. The molecule has 0 bridgehead atoms. The van der Waals surface area contributed by atoms with Crippen molar-refractivity contribution in [2.75, 3.05) is 19.0 Å². The van der Waals surface area contributed by atoms with Crippen LogP contribution in [0.15, 0.2) is 78.9 Å². The molecule has 2 N–H and O–H groups in total. The summed E-state index contributed by atoms with van der Waals surface area (Å²) in [6, 6.07) is 23.9. The van der Waals surface area contributed by atoms with Crippen molar-refractivity contribution >= 4 is 34.8 Å². The van der Waals surface area contributed by atoms with Crippen molar-refractivity contribution in [2.24, 2.45) is 0 Å². The molecule has 0 aromatic heterocycles. The van der Waals surface area contributed by atoms with Crippen LogP contribution in [0.25, 0.3) is 0 Å². The van der Waals surface area contributed by atoms with E-state index in [9.17, 15) is 9.59 Å². The first-order valence-corrected chi connectivity index (χ1v) is 12.1. The molecule has 182 valence electrons. The van der Waals surface area contributed by atoms with E-state index < -0.39 is 0 Å². The minimum absolute atomic E-state index is 0.0988. The standard InChI is InChI=1S/C28H31N3O3S/c1-3-4-12-19-34-25-18-11-9-16-23(25)26(32)30-28(35)29-24-17-10-8-15-22(24)27(33)31(2)20-21-13-6-5-7-14-21/h5-11,13-18H,3-4,12,19-20H2,1-2H3,(H2,29,30,32,35). The molecule has 0 atom stereocenters. The van der Waals surface area contributed by atoms with Crippen molar-refractivity contribution in [2.45, 2.75) is 32.7 Å². The number of unbranched alkanes of at least 4 members (excludes halogenated alkanes) is 2. The SMILES string of the molecule is CCCCCOc1ccccc1C(=O)NC(=S)Nc1ccccc1C(=O)N(C)Cc1ccccc1. The zero-order valence-corrected chi connectivity index (χ0v) is 20.9. The van der Waals surface area contributed by atoms with E-state index in [1.54, 1.807) is 54.4 Å². The molecular formula is C28H31N3O3S. The Labute approximate surface area is 212 Å². The van der Waals surface area contributed by atoms with Crippen molar-refractivity contribution in [3.63, 3.8) is 0 Å². The number of hydrogen-bond donors (Lipinski definition) is 2. The van der Waals surface area contributed by atoms with E-state index in [1.807, 2.05) is 36.4 Å². The van der Waals surface area contributed by atoms with Gasteiger partial charge in [-0.05, 0) is 48.5 Å². The third-order valence-electron chi connectivity index (χ3n) is 5.38. The predicted molar refractivity (Wildman–Crippen MR) is 144 cm³/mol. The first-order chi connectivity index (χ1) is 17.0. The molecule has 0 aliphatic carbocycles. The van der Waals surface area contributed by atoms with Crippen molar-refractivity contribution in [1.82, 2.24) is 10.2 Å². The number of para-hydroxylation sites is 2. The molecule has 0 unspecified atom stereocenters. The average molecular weight is 490 g/mol. The summed E-state index contributed by atoms with van der Waals surface area (Å²) in [5, 5.41) is 5.80. The molecule has 0 radical (unpaired) electrons. The normalized spacial score (nSPS) is 10.3. The van der Waals surface area contributed by atoms with Gasteiger partial charge in [-0.2, -0.15) is 0 Å². The van der Waals surface area contributed by atoms with E-state index >= 15 is 0 Å². The number of nitrogens with one attached hydrogen (secondary N) is 2. The first-order valence-electron chi connectivity index (χ1n) is 11.7. The summed E-state index contributed by atoms with van der Waals surface area (Å²) in [6.07, 6.45) is 3.09. The minimum atomic E-state index is -0.376. The van der Waals surface area contributed by atoms with Gasteiger partial charge in [-0.1, -0.05) is 74.4 Å². The highest BCUT2D eigenvalue weighted by molar-refractivity contribution is 7.80. The van der Waals surface area contributed by atoms with Gasteiger partial charge < -0.3 is 15.0 Å². The van der Waals surface area contributed by atoms with Crippen LogP contribution in [0.3, 0.4) is 0 Å². The Balaban J connectivity index is 1.65. The molecule has 7 heteroatoms. The van der Waals surface area contributed by atoms with Crippen LogP contribution in [-0.2, 0) is 6.54 Å². The summed E-state index contributed by atoms with van der Waals surface area (Å²) >= 11 is 5.39. The molecule has 3 rings (SSSR count). The van der Waals surface area contributed by atoms with E-state index in [1.165, 1.54) is 0 Å². The largest absolute Gasteiger partial charge is 0.493 e. The monoisotopic (exact) mass is 489 g/mol. The minimum Gasteiger partial charge on any atom is -0.493 e. The summed E-state index contributed by atoms with van der Waals surface area (Å²) in [6.45, 7) is 3.15. The Kier molecular flexibility index (Phi) is 9.80. The summed E-state index contributed by atoms with van der Waals surface area (Å²) < 4.78 is 5.81. The highest BCUT2D eigenvalue weighted by atomic mass is 32.1. The molecule has 0 spiro atoms. The number of nitrogens with zero attached hydrogens (tertiary/aromatic N) is 1. The molecule has 0 fully saturated rings. The molecule has 0 aliphatic rings. The molecule has 0 saturated carbocycles. The Morgan fingerprint density at radius 1 is 0.886 bits per heavy atom. The van der Waals surface area contributed by atoms with Gasteiger partial charge in [0.25, 0.3) is 11.8 Å². The quantitative estimate of drug-likeness (QED) is 0.284. The lowest BCUT2D eigenvalue weighted by Crippen LogP contribution is -2.35. The van der Waals surface area contributed by atoms with Crippen LogP contribution in [0, 0.1) is 0 Å². The number of carbonyl (C=O) groups excluding carboxylic acids is 2. The lowest BCUT2D eigenvalue weighted by Gasteiger charge is -2.20. The second-order valence-electron chi connectivity index (χ2n) is 8.15. The van der Waals surface area contributed by atoms with Gasteiger partial charge in [0, 0.05) is 13.6 Å². The van der Waals surface area contributed by atoms with Crippen LogP contribution in [0.2, 0.25) is 0 Å². The van der Waals surface area contributed by atoms with Gasteiger partial charge in [-0.3, -0.25) is 14.9 Å². The van der Waals surface area contributed by atoms with Gasteiger partial charge in [-0.15, -0.1) is 0 Å². The maximum Gasteiger partial charge on any atom is 0.261 e. The highest BCUT2D eigenvalue weighted by Gasteiger charge is 2.18. The summed E-state index contributed by atoms with van der Waals surface area (Å²) in [7, 11) is 1.75. The van der Waals surface area contributed by atoms with Crippen molar-refractivity contribution in [3.05, 3.63) is 95.6 Å². The fourth-order valence-electron chi connectivity index (χ4n) is 3.55. The molecule has 35 heavy (non-hydrogen) atoms. The molecule has 0 saturated heterocycles. The molecule has 0 heterocycles. The second kappa shape index (κ2) is 13.2. The van der Waals surface area contributed by atoms with Crippen LogP contribution >= 0.6 is 12.2 Å². The first kappa shape index (κ1) is 25.9. The van der Waals surface area contributed by atoms with Crippen LogP contribution in [-0.4, -0.2) is 35.5 Å². The average Bonchev–Trinajstić information content (AvgIpc) is 2.87. The van der Waals surface area contributed by atoms with Crippen LogP contribution < -0.4 is 15.4 Å². The number of amides is 2. The highest BCUT2D eigenvalue weighted by Crippen LogP contribution is 2.20. The third kappa shape index (κ3) is 7.65. The van der Waals surface area contributed by atoms with Gasteiger partial charge >= 0.3 is 0 Å². The van der Waals surface area contributed by atoms with E-state index in [4.69, 9.17) is 17.0 Å². The van der Waals surface area contributed by atoms with Crippen LogP contribution in [0.5, 0.6) is 5.75 Å². The lowest BCUT2D eigenvalue weighted by atomic mass is 10.1. The smallest absolute Gasteiger partial charge is 0.261 e. The van der Waals surface area contributed by atoms with Crippen LogP contribution in [0.1, 0.15) is 52.5 Å². The molecular weight excluding hydrogens is 458 g/mol. The summed E-state index contributed by atoms with van der Waals surface area (Å²) in [5.41, 5.74) is 2.42. The Morgan fingerprint density at radius 3 is 2.29 bits per heavy atom. The maximum atomic E-state index is 13.1. The fraction of sp³-hybridized carbons (Fsp3) is 0.250. The molecule has 2 amide bonds. The summed E-state index contributed by atoms with van der Waals surface area (Å²) in [5.74, 6) is -0.0162. The molecule has 3 aromatic carbocycles. The van der Waals surface area contributed by atoms with Crippen molar-refractivity contribution in [3.8, 4) is 5.75 Å². The van der Waals surface area contributed by atoms with E-state index in [-0.39, 0.29) is 16.9 Å². The van der Waals surface area contributed by atoms with Crippen molar-refractivity contribution in [1.29, 1.82) is 0 Å². The van der Waals surface area contributed by atoms with Gasteiger partial charge in [0.2, 0.25) is 0 Å². The second-order valence-corrected chi connectivity index (χ2v) is 8.56. The molecule has 6 nitrogen and oxygen atoms in total. The van der Waals surface area contributed by atoms with E-state index in [2.05, 4.69) is 17.6 Å². The topological polar surface area (TPSA) is 70.7 Å². The zero-order valence-electron chi connectivity index (χ0n) is 20.1. The Morgan fingerprint density at radius 2 is 1.54 bits per heavy atom. The van der Waals surface area contributed by atoms with Gasteiger partial charge in [0.15, 0.2) is 5.11 Å².